The van der Waals surface area contributed by atoms with Gasteiger partial charge in [0.05, 0.1) is 0 Å². The normalized spacial score (nSPS) is 7.30. The van der Waals surface area contributed by atoms with Crippen LogP contribution in [0.4, 0.5) is 0 Å². The van der Waals surface area contributed by atoms with Gasteiger partial charge in [-0.1, -0.05) is 13.3 Å². The molecule has 2 heteroatoms. The summed E-state index contributed by atoms with van der Waals surface area (Å²) in [4.78, 5) is 0. The fourth-order valence-electron chi connectivity index (χ4n) is 0.650. The minimum Gasteiger partial charge on any atom is -0.180 e. The molecular weight excluding hydrogens is 241 g/mol. The maximum absolute atomic E-state index is 3.12. The van der Waals surface area contributed by atoms with Crippen molar-refractivity contribution in [2.75, 3.05) is 0 Å². The average Bonchev–Trinajstić information content (AvgIpc) is 1.90. The molecule has 0 saturated heterocycles. The van der Waals surface area contributed by atoms with E-state index in [0.717, 1.165) is 6.42 Å². The maximum atomic E-state index is 3.12. The molecule has 0 saturated carbocycles. The Labute approximate surface area is 85.6 Å². The first kappa shape index (κ1) is 13.0. The SMILES string of the molecule is Br.CCc1[c-]cccc1.[Zn]. The van der Waals surface area contributed by atoms with Crippen molar-refractivity contribution in [2.45, 2.75) is 13.3 Å². The number of hydrogen-bond acceptors (Lipinski definition) is 0. The summed E-state index contributed by atoms with van der Waals surface area (Å²) in [5.74, 6) is 0. The molecular formula is C8H10BrZn-. The molecule has 0 bridgehead atoms. The molecule has 0 aliphatic carbocycles. The Kier molecular flexibility index (Phi) is 9.62. The first-order chi connectivity index (χ1) is 3.93. The quantitative estimate of drug-likeness (QED) is 0.532. The third-order valence-corrected chi connectivity index (χ3v) is 1.15. The van der Waals surface area contributed by atoms with E-state index in [2.05, 4.69) is 19.1 Å². The van der Waals surface area contributed by atoms with Gasteiger partial charge in [0.1, 0.15) is 0 Å². The second kappa shape index (κ2) is 7.43. The summed E-state index contributed by atoms with van der Waals surface area (Å²) < 4.78 is 0. The summed E-state index contributed by atoms with van der Waals surface area (Å²) in [5.41, 5.74) is 1.28. The van der Waals surface area contributed by atoms with Crippen LogP contribution in [-0.2, 0) is 25.9 Å². The second-order valence-corrected chi connectivity index (χ2v) is 1.74. The van der Waals surface area contributed by atoms with E-state index in [9.17, 15) is 0 Å². The molecule has 0 aromatic heterocycles. The van der Waals surface area contributed by atoms with Crippen LogP contribution in [0.3, 0.4) is 0 Å². The molecule has 0 fully saturated rings. The summed E-state index contributed by atoms with van der Waals surface area (Å²) in [6, 6.07) is 11.2. The van der Waals surface area contributed by atoms with Crippen molar-refractivity contribution < 1.29 is 19.5 Å². The standard InChI is InChI=1S/C8H9.BrH.Zn/c1-2-8-6-4-3-5-7-8;;/h3-6H,2H2,1H3;1H;/q-1;;. The molecule has 0 nitrogen and oxygen atoms in total. The van der Waals surface area contributed by atoms with Crippen molar-refractivity contribution in [3.8, 4) is 0 Å². The van der Waals surface area contributed by atoms with Crippen molar-refractivity contribution in [3.05, 3.63) is 35.9 Å². The Balaban J connectivity index is 0. The molecule has 0 spiro atoms. The van der Waals surface area contributed by atoms with Crippen LogP contribution in [0, 0.1) is 6.07 Å². The number of aryl methyl sites for hydroxylation is 1. The Morgan fingerprint density at radius 2 is 2.10 bits per heavy atom. The number of halogens is 1. The fraction of sp³-hybridized carbons (Fsp3) is 0.250. The van der Waals surface area contributed by atoms with Crippen LogP contribution in [-0.4, -0.2) is 0 Å². The molecule has 0 N–H and O–H groups in total. The van der Waals surface area contributed by atoms with Gasteiger partial charge in [0.15, 0.2) is 0 Å². The zero-order valence-electron chi connectivity index (χ0n) is 6.13. The Morgan fingerprint density at radius 1 is 1.40 bits per heavy atom. The Bertz CT molecular complexity index is 151. The van der Waals surface area contributed by atoms with Crippen molar-refractivity contribution in [1.82, 2.24) is 0 Å². The molecule has 1 rings (SSSR count). The molecule has 10 heavy (non-hydrogen) atoms. The summed E-state index contributed by atoms with van der Waals surface area (Å²) >= 11 is 0. The van der Waals surface area contributed by atoms with E-state index in [4.69, 9.17) is 0 Å². The van der Waals surface area contributed by atoms with Crippen molar-refractivity contribution >= 4 is 17.0 Å². The van der Waals surface area contributed by atoms with Crippen LogP contribution in [0.1, 0.15) is 12.5 Å². The van der Waals surface area contributed by atoms with E-state index in [0.29, 0.717) is 0 Å². The zero-order valence-corrected chi connectivity index (χ0v) is 10.8. The van der Waals surface area contributed by atoms with Crippen molar-refractivity contribution in [1.29, 1.82) is 0 Å². The Morgan fingerprint density at radius 3 is 2.40 bits per heavy atom. The molecule has 1 aromatic carbocycles. The molecule has 0 amide bonds. The Hall–Kier alpha value is 0.323. The van der Waals surface area contributed by atoms with Gasteiger partial charge in [-0.2, -0.15) is 35.9 Å². The zero-order chi connectivity index (χ0) is 5.82. The molecule has 0 aliphatic rings. The van der Waals surface area contributed by atoms with E-state index >= 15 is 0 Å². The topological polar surface area (TPSA) is 0 Å². The van der Waals surface area contributed by atoms with Gasteiger partial charge in [-0.05, 0) is 0 Å². The van der Waals surface area contributed by atoms with Gasteiger partial charge in [0.2, 0.25) is 0 Å². The van der Waals surface area contributed by atoms with E-state index in [-0.39, 0.29) is 36.5 Å². The van der Waals surface area contributed by atoms with Gasteiger partial charge in [0.25, 0.3) is 0 Å². The molecule has 52 valence electrons. The smallest absolute Gasteiger partial charge is 0 e. The van der Waals surface area contributed by atoms with Gasteiger partial charge in [-0.25, -0.2) is 0 Å². The largest absolute Gasteiger partial charge is 0.180 e. The van der Waals surface area contributed by atoms with E-state index in [1.807, 2.05) is 18.2 Å². The minimum atomic E-state index is 0. The fourth-order valence-corrected chi connectivity index (χ4v) is 0.650. The second-order valence-electron chi connectivity index (χ2n) is 1.74. The first-order valence-corrected chi connectivity index (χ1v) is 2.89. The summed E-state index contributed by atoms with van der Waals surface area (Å²) in [5, 5.41) is 0. The van der Waals surface area contributed by atoms with E-state index < -0.39 is 0 Å². The predicted molar refractivity (Wildman–Crippen MR) is 45.0 cm³/mol. The van der Waals surface area contributed by atoms with Crippen LogP contribution >= 0.6 is 17.0 Å². The van der Waals surface area contributed by atoms with Gasteiger partial charge in [-0.3, -0.25) is 0 Å². The summed E-state index contributed by atoms with van der Waals surface area (Å²) in [6.45, 7) is 2.13. The monoisotopic (exact) mass is 249 g/mol. The predicted octanol–water partition coefficient (Wildman–Crippen LogP) is 2.62. The van der Waals surface area contributed by atoms with Crippen LogP contribution in [0.15, 0.2) is 24.3 Å². The van der Waals surface area contributed by atoms with Gasteiger partial charge in [0, 0.05) is 19.5 Å². The van der Waals surface area contributed by atoms with Crippen molar-refractivity contribution in [2.24, 2.45) is 0 Å². The van der Waals surface area contributed by atoms with Crippen LogP contribution < -0.4 is 0 Å². The number of benzene rings is 1. The molecule has 0 heterocycles. The third-order valence-electron chi connectivity index (χ3n) is 1.15. The molecule has 0 unspecified atom stereocenters. The summed E-state index contributed by atoms with van der Waals surface area (Å²) in [7, 11) is 0. The molecule has 0 aliphatic heterocycles. The third kappa shape index (κ3) is 4.19. The molecule has 0 atom stereocenters. The minimum absolute atomic E-state index is 0. The van der Waals surface area contributed by atoms with Gasteiger partial charge < -0.3 is 0 Å². The van der Waals surface area contributed by atoms with E-state index in [1.54, 1.807) is 0 Å². The van der Waals surface area contributed by atoms with E-state index in [1.165, 1.54) is 5.56 Å². The van der Waals surface area contributed by atoms with Gasteiger partial charge >= 0.3 is 0 Å². The number of hydrogen-bond donors (Lipinski definition) is 0. The van der Waals surface area contributed by atoms with Crippen molar-refractivity contribution in [3.63, 3.8) is 0 Å². The van der Waals surface area contributed by atoms with Gasteiger partial charge in [-0.15, -0.1) is 17.0 Å². The molecule has 0 radical (unpaired) electrons. The van der Waals surface area contributed by atoms with Crippen LogP contribution in [0.2, 0.25) is 0 Å². The number of rotatable bonds is 1. The summed E-state index contributed by atoms with van der Waals surface area (Å²) in [6.07, 6.45) is 1.08. The maximum Gasteiger partial charge on any atom is 0 e. The average molecular weight is 251 g/mol. The first-order valence-electron chi connectivity index (χ1n) is 2.89. The van der Waals surface area contributed by atoms with Crippen LogP contribution in [0.5, 0.6) is 0 Å². The molecule has 1 aromatic rings. The van der Waals surface area contributed by atoms with Crippen LogP contribution in [0.25, 0.3) is 0 Å².